The van der Waals surface area contributed by atoms with E-state index in [1.165, 1.54) is 17.4 Å². The van der Waals surface area contributed by atoms with Gasteiger partial charge in [0, 0.05) is 58.5 Å². The second-order valence-electron chi connectivity index (χ2n) is 10.7. The maximum atomic E-state index is 15.9. The number of hydrogen-bond acceptors (Lipinski definition) is 8. The highest BCUT2D eigenvalue weighted by atomic mass is 32.1. The van der Waals surface area contributed by atoms with Crippen molar-refractivity contribution in [2.45, 2.75) is 19.5 Å². The van der Waals surface area contributed by atoms with Gasteiger partial charge in [-0.05, 0) is 36.6 Å². The fourth-order valence-corrected chi connectivity index (χ4v) is 6.88. The van der Waals surface area contributed by atoms with Gasteiger partial charge in [0.15, 0.2) is 5.65 Å². The molecule has 13 heteroatoms. The molecule has 1 aliphatic rings. The summed E-state index contributed by atoms with van der Waals surface area (Å²) in [6, 6.07) is 7.30. The fraction of sp³-hybridized carbons (Fsp3) is 0.219. The molecule has 6 aromatic rings. The normalized spacial score (nSPS) is 14.7. The van der Waals surface area contributed by atoms with Gasteiger partial charge in [-0.1, -0.05) is 6.58 Å². The van der Waals surface area contributed by atoms with Crippen LogP contribution in [0, 0.1) is 11.6 Å². The molecule has 0 saturated heterocycles. The van der Waals surface area contributed by atoms with Crippen molar-refractivity contribution >= 4 is 38.4 Å². The number of aliphatic hydroxyl groups is 1. The summed E-state index contributed by atoms with van der Waals surface area (Å²) >= 11 is 1.38. The van der Waals surface area contributed by atoms with Crippen LogP contribution in [-0.4, -0.2) is 65.2 Å². The van der Waals surface area contributed by atoms with Crippen LogP contribution in [-0.2, 0) is 18.4 Å². The smallest absolute Gasteiger partial charge is 0.246 e. The maximum absolute atomic E-state index is 15.9. The molecule has 0 unspecified atom stereocenters. The molecule has 1 N–H and O–H groups in total. The quantitative estimate of drug-likeness (QED) is 0.232. The summed E-state index contributed by atoms with van der Waals surface area (Å²) in [5.41, 5.74) is 4.01. The van der Waals surface area contributed by atoms with Crippen LogP contribution in [0.1, 0.15) is 18.7 Å². The van der Waals surface area contributed by atoms with Gasteiger partial charge in [-0.2, -0.15) is 10.2 Å². The van der Waals surface area contributed by atoms with Crippen molar-refractivity contribution in [1.29, 1.82) is 0 Å². The SMILES string of the molecule is C=CC(=O)N1CCn2nc(-c3nc(-c4cnc5c(cnn5C)c4)c4ccsc4c3-c3c(F)cc(F)cc3OCCO)cc2[C@H]1C. The average Bonchev–Trinajstić information content (AvgIpc) is 3.78. The van der Waals surface area contributed by atoms with E-state index in [9.17, 15) is 14.3 Å². The molecule has 1 aromatic carbocycles. The Kier molecular flexibility index (Phi) is 7.13. The molecule has 0 fully saturated rings. The predicted molar refractivity (Wildman–Crippen MR) is 167 cm³/mol. The molecule has 1 aliphatic heterocycles. The van der Waals surface area contributed by atoms with Crippen LogP contribution in [0.5, 0.6) is 5.75 Å². The Balaban J connectivity index is 1.52. The van der Waals surface area contributed by atoms with E-state index < -0.39 is 11.6 Å². The highest BCUT2D eigenvalue weighted by Crippen LogP contribution is 2.47. The summed E-state index contributed by atoms with van der Waals surface area (Å²) in [6.45, 7) is 5.92. The van der Waals surface area contributed by atoms with E-state index in [-0.39, 0.29) is 36.5 Å². The Morgan fingerprint density at radius 2 is 2.02 bits per heavy atom. The van der Waals surface area contributed by atoms with Gasteiger partial charge >= 0.3 is 0 Å². The Bertz CT molecular complexity index is 2140. The summed E-state index contributed by atoms with van der Waals surface area (Å²) in [6.07, 6.45) is 4.74. The van der Waals surface area contributed by atoms with Gasteiger partial charge < -0.3 is 14.7 Å². The summed E-state index contributed by atoms with van der Waals surface area (Å²) in [5.74, 6) is -1.90. The lowest BCUT2D eigenvalue weighted by Gasteiger charge is -2.33. The Morgan fingerprint density at radius 3 is 2.82 bits per heavy atom. The number of rotatable bonds is 7. The van der Waals surface area contributed by atoms with Crippen LogP contribution >= 0.6 is 11.3 Å². The number of fused-ring (bicyclic) bond motifs is 3. The lowest BCUT2D eigenvalue weighted by atomic mass is 9.96. The number of nitrogens with zero attached hydrogens (tertiary/aromatic N) is 7. The number of hydrogen-bond donors (Lipinski definition) is 1. The number of carbonyl (C=O) groups is 1. The molecule has 5 aromatic heterocycles. The minimum Gasteiger partial charge on any atom is -0.490 e. The molecule has 1 atom stereocenters. The Morgan fingerprint density at radius 1 is 1.18 bits per heavy atom. The van der Waals surface area contributed by atoms with E-state index in [1.807, 2.05) is 42.2 Å². The number of aryl methyl sites for hydroxylation is 1. The first kappa shape index (κ1) is 28.7. The third kappa shape index (κ3) is 4.75. The molecule has 45 heavy (non-hydrogen) atoms. The summed E-state index contributed by atoms with van der Waals surface area (Å²) in [5, 5.41) is 22.1. The van der Waals surface area contributed by atoms with Crippen LogP contribution in [0.15, 0.2) is 60.8 Å². The zero-order valence-corrected chi connectivity index (χ0v) is 25.2. The van der Waals surface area contributed by atoms with E-state index in [0.717, 1.165) is 34.2 Å². The number of ether oxygens (including phenoxy) is 1. The zero-order valence-electron chi connectivity index (χ0n) is 24.4. The first-order chi connectivity index (χ1) is 21.8. The molecule has 0 saturated carbocycles. The van der Waals surface area contributed by atoms with Crippen molar-refractivity contribution < 1.29 is 23.4 Å². The van der Waals surface area contributed by atoms with Crippen molar-refractivity contribution in [1.82, 2.24) is 34.4 Å². The second kappa shape index (κ2) is 11.2. The molecule has 10 nitrogen and oxygen atoms in total. The highest BCUT2D eigenvalue weighted by Gasteiger charge is 2.31. The van der Waals surface area contributed by atoms with E-state index in [4.69, 9.17) is 14.8 Å². The van der Waals surface area contributed by atoms with Crippen molar-refractivity contribution in [3.8, 4) is 39.5 Å². The summed E-state index contributed by atoms with van der Waals surface area (Å²) in [4.78, 5) is 24.0. The Labute approximate surface area is 259 Å². The topological polar surface area (TPSA) is 111 Å². The molecule has 6 heterocycles. The van der Waals surface area contributed by atoms with Gasteiger partial charge in [0.05, 0.1) is 42.3 Å². The Hall–Kier alpha value is -5.01. The third-order valence-corrected chi connectivity index (χ3v) is 8.96. The predicted octanol–water partition coefficient (Wildman–Crippen LogP) is 5.51. The number of halogens is 2. The monoisotopic (exact) mass is 627 g/mol. The maximum Gasteiger partial charge on any atom is 0.246 e. The van der Waals surface area contributed by atoms with Crippen LogP contribution in [0.25, 0.3) is 54.9 Å². The zero-order chi connectivity index (χ0) is 31.4. The largest absolute Gasteiger partial charge is 0.490 e. The van der Waals surface area contributed by atoms with Crippen molar-refractivity contribution in [2.24, 2.45) is 7.05 Å². The van der Waals surface area contributed by atoms with Crippen LogP contribution in [0.4, 0.5) is 8.78 Å². The number of aliphatic hydroxyl groups excluding tert-OH is 1. The number of aromatic nitrogens is 6. The highest BCUT2D eigenvalue weighted by molar-refractivity contribution is 7.18. The van der Waals surface area contributed by atoms with Gasteiger partial charge in [0.25, 0.3) is 0 Å². The third-order valence-electron chi connectivity index (χ3n) is 8.03. The summed E-state index contributed by atoms with van der Waals surface area (Å²) in [7, 11) is 1.82. The molecule has 0 aliphatic carbocycles. The van der Waals surface area contributed by atoms with Gasteiger partial charge in [-0.25, -0.2) is 18.7 Å². The van der Waals surface area contributed by atoms with Gasteiger partial charge in [0.1, 0.15) is 35.4 Å². The number of benzene rings is 1. The van der Waals surface area contributed by atoms with Gasteiger partial charge in [-0.15, -0.1) is 11.3 Å². The number of pyridine rings is 2. The molecule has 0 radical (unpaired) electrons. The van der Waals surface area contributed by atoms with E-state index in [0.29, 0.717) is 46.1 Å². The van der Waals surface area contributed by atoms with Crippen molar-refractivity contribution in [2.75, 3.05) is 19.8 Å². The molecular formula is C32H27F2N7O3S. The van der Waals surface area contributed by atoms with Crippen molar-refractivity contribution in [3.05, 3.63) is 78.1 Å². The number of thiophene rings is 1. The second-order valence-corrected chi connectivity index (χ2v) is 11.6. The van der Waals surface area contributed by atoms with Gasteiger partial charge in [-0.3, -0.25) is 14.2 Å². The van der Waals surface area contributed by atoms with Gasteiger partial charge in [0.2, 0.25) is 5.91 Å². The first-order valence-electron chi connectivity index (χ1n) is 14.2. The molecule has 1 amide bonds. The number of amides is 1. The van der Waals surface area contributed by atoms with E-state index in [1.54, 1.807) is 22.0 Å². The molecule has 0 spiro atoms. The standard InChI is InChI=1S/C32H27F2N7O3S/c1-4-26(43)40-6-7-41-24(17(40)2)14-23(38-41)30-28(27-22(34)12-20(33)13-25(27)44-9-8-42)31-21(5-10-45-31)29(37-30)18-11-19-16-36-39(3)32(19)35-15-18/h4-5,10-17,42H,1,6-9H2,2-3H3/t17-/m1/s1. The van der Waals surface area contributed by atoms with Crippen LogP contribution < -0.4 is 4.74 Å². The minimum absolute atomic E-state index is 0.00895. The van der Waals surface area contributed by atoms with Crippen LogP contribution in [0.3, 0.4) is 0 Å². The van der Waals surface area contributed by atoms with Crippen molar-refractivity contribution in [3.63, 3.8) is 0 Å². The molecule has 228 valence electrons. The number of carbonyl (C=O) groups excluding carboxylic acids is 1. The van der Waals surface area contributed by atoms with E-state index >= 15 is 4.39 Å². The fourth-order valence-electron chi connectivity index (χ4n) is 5.93. The minimum atomic E-state index is -0.841. The van der Waals surface area contributed by atoms with E-state index in [2.05, 4.69) is 16.7 Å². The lowest BCUT2D eigenvalue weighted by molar-refractivity contribution is -0.129. The lowest BCUT2D eigenvalue weighted by Crippen LogP contribution is -2.40. The first-order valence-corrected chi connectivity index (χ1v) is 15.1. The molecular weight excluding hydrogens is 600 g/mol. The van der Waals surface area contributed by atoms with Crippen LogP contribution in [0.2, 0.25) is 0 Å². The average molecular weight is 628 g/mol. The molecule has 7 rings (SSSR count). The summed E-state index contributed by atoms with van der Waals surface area (Å²) < 4.78 is 40.3. The molecule has 0 bridgehead atoms.